The summed E-state index contributed by atoms with van der Waals surface area (Å²) in [4.78, 5) is 32.2. The van der Waals surface area contributed by atoms with Crippen molar-refractivity contribution in [2.24, 2.45) is 0 Å². The Morgan fingerprint density at radius 2 is 1.51 bits per heavy atom. The predicted octanol–water partition coefficient (Wildman–Crippen LogP) is 6.68. The van der Waals surface area contributed by atoms with Crippen LogP contribution < -0.4 is 14.8 Å². The third-order valence-corrected chi connectivity index (χ3v) is 9.27. The van der Waals surface area contributed by atoms with Gasteiger partial charge in [-0.3, -0.25) is 9.69 Å². The molecular formula is C34H41ClN4O4. The second kappa shape index (κ2) is 13.7. The van der Waals surface area contributed by atoms with Crippen LogP contribution in [0.4, 0.5) is 10.5 Å². The predicted molar refractivity (Wildman–Crippen MR) is 170 cm³/mol. The Morgan fingerprint density at radius 3 is 2.16 bits per heavy atom. The Hall–Kier alpha value is -3.75. The maximum absolute atomic E-state index is 13.2. The summed E-state index contributed by atoms with van der Waals surface area (Å²) in [5.74, 6) is 1.85. The fraction of sp³-hybridized carbons (Fsp3) is 0.412. The van der Waals surface area contributed by atoms with Gasteiger partial charge in [0.05, 0.1) is 20.3 Å². The van der Waals surface area contributed by atoms with Crippen LogP contribution in [0.25, 0.3) is 0 Å². The van der Waals surface area contributed by atoms with E-state index >= 15 is 0 Å². The molecule has 9 heteroatoms. The summed E-state index contributed by atoms with van der Waals surface area (Å²) in [7, 11) is 7.24. The lowest BCUT2D eigenvalue weighted by Crippen LogP contribution is -2.50. The van der Waals surface area contributed by atoms with Crippen LogP contribution in [0.15, 0.2) is 66.7 Å². The number of methoxy groups -OCH3 is 2. The molecule has 0 aromatic heterocycles. The fourth-order valence-corrected chi connectivity index (χ4v) is 6.40. The number of rotatable bonds is 7. The smallest absolute Gasteiger partial charge is 0.321 e. The van der Waals surface area contributed by atoms with Crippen molar-refractivity contribution in [3.63, 3.8) is 0 Å². The molecule has 8 nitrogen and oxygen atoms in total. The molecule has 1 unspecified atom stereocenters. The second-order valence-corrected chi connectivity index (χ2v) is 12.0. The van der Waals surface area contributed by atoms with Gasteiger partial charge in [0.1, 0.15) is 0 Å². The van der Waals surface area contributed by atoms with Crippen LogP contribution in [0.3, 0.4) is 0 Å². The lowest BCUT2D eigenvalue weighted by atomic mass is 9.81. The zero-order valence-corrected chi connectivity index (χ0v) is 26.1. The van der Waals surface area contributed by atoms with Crippen LogP contribution in [0.2, 0.25) is 5.02 Å². The average molecular weight is 605 g/mol. The van der Waals surface area contributed by atoms with E-state index in [0.29, 0.717) is 41.1 Å². The summed E-state index contributed by atoms with van der Waals surface area (Å²) in [6, 6.07) is 21.4. The molecule has 1 atom stereocenters. The highest BCUT2D eigenvalue weighted by Crippen LogP contribution is 2.36. The SMILES string of the molecule is COc1ccc(C2CN(C(=O)Nc3ccc(C4CCC(N(C)C(=O)c5ccc(Cl)cc5)CC4)cc3)CCN2C)cc1OC. The Kier molecular flexibility index (Phi) is 9.78. The van der Waals surface area contributed by atoms with E-state index in [0.717, 1.165) is 43.5 Å². The second-order valence-electron chi connectivity index (χ2n) is 11.5. The molecule has 228 valence electrons. The van der Waals surface area contributed by atoms with E-state index in [2.05, 4.69) is 29.4 Å². The average Bonchev–Trinajstić information content (AvgIpc) is 3.04. The number of carbonyl (C=O) groups is 2. The maximum Gasteiger partial charge on any atom is 0.321 e. The van der Waals surface area contributed by atoms with Gasteiger partial charge in [-0.25, -0.2) is 4.79 Å². The molecule has 1 saturated heterocycles. The largest absolute Gasteiger partial charge is 0.493 e. The van der Waals surface area contributed by atoms with Crippen LogP contribution in [-0.2, 0) is 0 Å². The topological polar surface area (TPSA) is 74.4 Å². The lowest BCUT2D eigenvalue weighted by molar-refractivity contribution is 0.0689. The molecule has 3 aromatic carbocycles. The first-order valence-electron chi connectivity index (χ1n) is 14.9. The van der Waals surface area contributed by atoms with Gasteiger partial charge in [-0.2, -0.15) is 0 Å². The quantitative estimate of drug-likeness (QED) is 0.326. The number of urea groups is 1. The standard InChI is InChI=1S/C34H41ClN4O4/c1-37-19-20-39(22-30(37)26-11-18-31(42-3)32(21-26)43-4)34(41)36-28-14-7-23(8-15-28)24-9-16-29(17-10-24)38(2)33(40)25-5-12-27(35)13-6-25/h5-8,11-15,18,21,24,29-30H,9-10,16-17,19-20,22H2,1-4H3,(H,36,41). The first-order chi connectivity index (χ1) is 20.8. The van der Waals surface area contributed by atoms with Crippen molar-refractivity contribution < 1.29 is 19.1 Å². The summed E-state index contributed by atoms with van der Waals surface area (Å²) in [6.45, 7) is 2.01. The van der Waals surface area contributed by atoms with Gasteiger partial charge in [0, 0.05) is 49.0 Å². The molecule has 3 aromatic rings. The maximum atomic E-state index is 13.2. The molecule has 3 amide bonds. The molecule has 2 aliphatic rings. The Bertz CT molecular complexity index is 1410. The number of nitrogens with zero attached hydrogens (tertiary/aromatic N) is 3. The van der Waals surface area contributed by atoms with E-state index < -0.39 is 0 Å². The molecule has 1 saturated carbocycles. The summed E-state index contributed by atoms with van der Waals surface area (Å²) in [5.41, 5.74) is 3.81. The molecule has 0 spiro atoms. The summed E-state index contributed by atoms with van der Waals surface area (Å²) < 4.78 is 10.9. The first kappa shape index (κ1) is 30.7. The van der Waals surface area contributed by atoms with Crippen LogP contribution in [0.5, 0.6) is 11.5 Å². The molecule has 0 bridgehead atoms. The first-order valence-corrected chi connectivity index (χ1v) is 15.3. The van der Waals surface area contributed by atoms with Crippen molar-refractivity contribution >= 4 is 29.2 Å². The summed E-state index contributed by atoms with van der Waals surface area (Å²) in [6.07, 6.45) is 3.97. The molecule has 1 aliphatic heterocycles. The summed E-state index contributed by atoms with van der Waals surface area (Å²) in [5, 5.41) is 3.72. The molecule has 0 radical (unpaired) electrons. The fourth-order valence-electron chi connectivity index (χ4n) is 6.28. The summed E-state index contributed by atoms with van der Waals surface area (Å²) >= 11 is 5.98. The minimum Gasteiger partial charge on any atom is -0.493 e. The van der Waals surface area contributed by atoms with E-state index in [4.69, 9.17) is 21.1 Å². The zero-order valence-electron chi connectivity index (χ0n) is 25.4. The van der Waals surface area contributed by atoms with Crippen LogP contribution in [0.1, 0.15) is 59.1 Å². The molecule has 1 heterocycles. The molecule has 43 heavy (non-hydrogen) atoms. The minimum absolute atomic E-state index is 0.0376. The lowest BCUT2D eigenvalue weighted by Gasteiger charge is -2.39. The monoisotopic (exact) mass is 604 g/mol. The van der Waals surface area contributed by atoms with Crippen LogP contribution in [0, 0.1) is 0 Å². The number of halogens is 1. The third-order valence-electron chi connectivity index (χ3n) is 9.02. The van der Waals surface area contributed by atoms with E-state index in [1.54, 1.807) is 38.5 Å². The van der Waals surface area contributed by atoms with Crippen LogP contribution in [-0.4, -0.2) is 80.6 Å². The number of amides is 3. The van der Waals surface area contributed by atoms with Crippen molar-refractivity contribution in [1.29, 1.82) is 0 Å². The Balaban J connectivity index is 1.14. The van der Waals surface area contributed by atoms with E-state index in [1.165, 1.54) is 5.56 Å². The number of ether oxygens (including phenoxy) is 2. The van der Waals surface area contributed by atoms with Gasteiger partial charge in [0.2, 0.25) is 0 Å². The highest BCUT2D eigenvalue weighted by atomic mass is 35.5. The van der Waals surface area contributed by atoms with Gasteiger partial charge in [0.15, 0.2) is 11.5 Å². The molecular weight excluding hydrogens is 564 g/mol. The van der Waals surface area contributed by atoms with Gasteiger partial charge in [-0.05, 0) is 98.3 Å². The normalized spacial score (nSPS) is 20.8. The molecule has 5 rings (SSSR count). The zero-order chi connectivity index (χ0) is 30.5. The molecule has 1 aliphatic carbocycles. The Labute approximate surface area is 259 Å². The number of anilines is 1. The number of likely N-dealkylation sites (N-methyl/N-ethyl adjacent to an activating group) is 1. The van der Waals surface area contributed by atoms with Crippen molar-refractivity contribution in [3.8, 4) is 11.5 Å². The Morgan fingerprint density at radius 1 is 0.860 bits per heavy atom. The number of nitrogens with one attached hydrogen (secondary N) is 1. The number of benzene rings is 3. The third kappa shape index (κ3) is 7.08. The van der Waals surface area contributed by atoms with Crippen molar-refractivity contribution in [2.75, 3.05) is 53.3 Å². The highest BCUT2D eigenvalue weighted by molar-refractivity contribution is 6.30. The van der Waals surface area contributed by atoms with Crippen molar-refractivity contribution in [3.05, 3.63) is 88.4 Å². The van der Waals surface area contributed by atoms with Crippen molar-refractivity contribution in [2.45, 2.75) is 43.7 Å². The van der Waals surface area contributed by atoms with Gasteiger partial charge in [-0.15, -0.1) is 0 Å². The van der Waals surface area contributed by atoms with Gasteiger partial charge in [-0.1, -0.05) is 29.8 Å². The van der Waals surface area contributed by atoms with Crippen LogP contribution >= 0.6 is 11.6 Å². The van der Waals surface area contributed by atoms with E-state index in [1.807, 2.05) is 47.2 Å². The number of hydrogen-bond donors (Lipinski definition) is 1. The van der Waals surface area contributed by atoms with Gasteiger partial charge in [0.25, 0.3) is 5.91 Å². The molecule has 2 fully saturated rings. The van der Waals surface area contributed by atoms with E-state index in [9.17, 15) is 9.59 Å². The molecule has 1 N–H and O–H groups in total. The van der Waals surface area contributed by atoms with E-state index in [-0.39, 0.29) is 24.0 Å². The number of hydrogen-bond acceptors (Lipinski definition) is 5. The highest BCUT2D eigenvalue weighted by Gasteiger charge is 2.30. The van der Waals surface area contributed by atoms with Gasteiger partial charge < -0.3 is 24.6 Å². The van der Waals surface area contributed by atoms with Gasteiger partial charge >= 0.3 is 6.03 Å². The number of piperazine rings is 1. The minimum atomic E-state index is -0.0970. The number of carbonyl (C=O) groups excluding carboxylic acids is 2. The van der Waals surface area contributed by atoms with Crippen molar-refractivity contribution in [1.82, 2.24) is 14.7 Å².